The summed E-state index contributed by atoms with van der Waals surface area (Å²) in [6, 6.07) is 0. The second-order valence-electron chi connectivity index (χ2n) is 2.10. The lowest BCUT2D eigenvalue weighted by atomic mass is 10.4. The highest BCUT2D eigenvalue weighted by Crippen LogP contribution is 2.18. The number of hydrogen-bond donors (Lipinski definition) is 1. The number of methoxy groups -OCH3 is 1. The SMILES string of the molecule is COC1(CO)OCCCO1. The van der Waals surface area contributed by atoms with Gasteiger partial charge in [0.2, 0.25) is 0 Å². The quantitative estimate of drug-likeness (QED) is 0.585. The molecular weight excluding hydrogens is 136 g/mol. The molecule has 1 rings (SSSR count). The molecule has 4 nitrogen and oxygen atoms in total. The molecule has 0 spiro atoms. The van der Waals surface area contributed by atoms with E-state index in [4.69, 9.17) is 19.3 Å². The Hall–Kier alpha value is -0.160. The van der Waals surface area contributed by atoms with E-state index in [-0.39, 0.29) is 6.61 Å². The van der Waals surface area contributed by atoms with E-state index in [1.165, 1.54) is 7.11 Å². The predicted octanol–water partition coefficient (Wildman–Crippen LogP) is -0.284. The summed E-state index contributed by atoms with van der Waals surface area (Å²) in [7, 11) is 1.45. The third-order valence-corrected chi connectivity index (χ3v) is 1.44. The highest BCUT2D eigenvalue weighted by atomic mass is 16.9. The Bertz CT molecular complexity index is 91.9. The van der Waals surface area contributed by atoms with E-state index in [9.17, 15) is 0 Å². The highest BCUT2D eigenvalue weighted by Gasteiger charge is 2.33. The Morgan fingerprint density at radius 2 is 2.10 bits per heavy atom. The van der Waals surface area contributed by atoms with Crippen LogP contribution in [0.1, 0.15) is 6.42 Å². The number of hydrogen-bond acceptors (Lipinski definition) is 4. The van der Waals surface area contributed by atoms with Gasteiger partial charge in [-0.2, -0.15) is 0 Å². The minimum atomic E-state index is -1.18. The summed E-state index contributed by atoms with van der Waals surface area (Å²) in [5, 5.41) is 8.77. The highest BCUT2D eigenvalue weighted by molar-refractivity contribution is 4.58. The van der Waals surface area contributed by atoms with Crippen molar-refractivity contribution in [2.24, 2.45) is 0 Å². The largest absolute Gasteiger partial charge is 0.388 e. The van der Waals surface area contributed by atoms with E-state index in [0.29, 0.717) is 13.2 Å². The van der Waals surface area contributed by atoms with Gasteiger partial charge in [0.05, 0.1) is 13.2 Å². The normalized spacial score (nSPS) is 24.6. The summed E-state index contributed by atoms with van der Waals surface area (Å²) >= 11 is 0. The molecule has 0 aromatic heterocycles. The second-order valence-corrected chi connectivity index (χ2v) is 2.10. The zero-order valence-corrected chi connectivity index (χ0v) is 6.00. The molecule has 1 aliphatic heterocycles. The van der Waals surface area contributed by atoms with Crippen molar-refractivity contribution in [3.63, 3.8) is 0 Å². The van der Waals surface area contributed by atoms with Crippen LogP contribution >= 0.6 is 0 Å². The van der Waals surface area contributed by atoms with E-state index < -0.39 is 5.97 Å². The smallest absolute Gasteiger partial charge is 0.307 e. The topological polar surface area (TPSA) is 47.9 Å². The molecule has 1 saturated heterocycles. The first-order chi connectivity index (χ1) is 4.83. The van der Waals surface area contributed by atoms with E-state index in [1.54, 1.807) is 0 Å². The van der Waals surface area contributed by atoms with E-state index >= 15 is 0 Å². The monoisotopic (exact) mass is 148 g/mol. The fourth-order valence-corrected chi connectivity index (χ4v) is 0.830. The van der Waals surface area contributed by atoms with Crippen LogP contribution in [0, 0.1) is 0 Å². The summed E-state index contributed by atoms with van der Waals surface area (Å²) in [4.78, 5) is 0. The van der Waals surface area contributed by atoms with Gasteiger partial charge in [0, 0.05) is 7.11 Å². The van der Waals surface area contributed by atoms with Gasteiger partial charge in [0.1, 0.15) is 6.61 Å². The standard InChI is InChI=1S/C6H12O4/c1-8-6(5-7)9-3-2-4-10-6/h7H,2-5H2,1H3. The van der Waals surface area contributed by atoms with Crippen LogP contribution in [-0.2, 0) is 14.2 Å². The van der Waals surface area contributed by atoms with Gasteiger partial charge in [0.15, 0.2) is 0 Å². The van der Waals surface area contributed by atoms with Crippen molar-refractivity contribution in [2.75, 3.05) is 26.9 Å². The lowest BCUT2D eigenvalue weighted by Crippen LogP contribution is -2.45. The zero-order valence-electron chi connectivity index (χ0n) is 6.00. The molecule has 0 aromatic rings. The zero-order chi connectivity index (χ0) is 7.45. The molecule has 0 amide bonds. The molecule has 1 N–H and O–H groups in total. The maximum atomic E-state index is 8.77. The Labute approximate surface area is 59.7 Å². The molecule has 0 atom stereocenters. The summed E-state index contributed by atoms with van der Waals surface area (Å²) < 4.78 is 15.0. The van der Waals surface area contributed by atoms with Crippen LogP contribution in [0.4, 0.5) is 0 Å². The van der Waals surface area contributed by atoms with Crippen LogP contribution in [0.2, 0.25) is 0 Å². The molecule has 0 bridgehead atoms. The minimum absolute atomic E-state index is 0.260. The van der Waals surface area contributed by atoms with Crippen molar-refractivity contribution < 1.29 is 19.3 Å². The molecule has 1 aliphatic rings. The number of ether oxygens (including phenoxy) is 3. The Morgan fingerprint density at radius 1 is 1.50 bits per heavy atom. The summed E-state index contributed by atoms with van der Waals surface area (Å²) in [6.07, 6.45) is 0.852. The van der Waals surface area contributed by atoms with Crippen molar-refractivity contribution in [2.45, 2.75) is 12.4 Å². The number of rotatable bonds is 2. The maximum Gasteiger partial charge on any atom is 0.307 e. The van der Waals surface area contributed by atoms with Crippen molar-refractivity contribution in [1.29, 1.82) is 0 Å². The van der Waals surface area contributed by atoms with Gasteiger partial charge in [-0.3, -0.25) is 0 Å². The molecule has 1 fully saturated rings. The summed E-state index contributed by atoms with van der Waals surface area (Å²) in [5.74, 6) is -1.18. The average Bonchev–Trinajstić information content (AvgIpc) is 2.06. The van der Waals surface area contributed by atoms with Crippen LogP contribution in [0.3, 0.4) is 0 Å². The van der Waals surface area contributed by atoms with Crippen molar-refractivity contribution in [3.05, 3.63) is 0 Å². The molecule has 0 saturated carbocycles. The Morgan fingerprint density at radius 3 is 2.40 bits per heavy atom. The first-order valence-corrected chi connectivity index (χ1v) is 3.27. The number of aliphatic hydroxyl groups excluding tert-OH is 1. The minimum Gasteiger partial charge on any atom is -0.388 e. The summed E-state index contributed by atoms with van der Waals surface area (Å²) in [6.45, 7) is 0.895. The van der Waals surface area contributed by atoms with Crippen LogP contribution in [-0.4, -0.2) is 38.0 Å². The predicted molar refractivity (Wildman–Crippen MR) is 33.3 cm³/mol. The fraction of sp³-hybridized carbons (Fsp3) is 1.00. The van der Waals surface area contributed by atoms with Gasteiger partial charge in [-0.05, 0) is 6.42 Å². The van der Waals surface area contributed by atoms with E-state index in [2.05, 4.69) is 0 Å². The molecular formula is C6H12O4. The van der Waals surface area contributed by atoms with Crippen LogP contribution < -0.4 is 0 Å². The van der Waals surface area contributed by atoms with Crippen molar-refractivity contribution in [3.8, 4) is 0 Å². The fourth-order valence-electron chi connectivity index (χ4n) is 0.830. The molecule has 10 heavy (non-hydrogen) atoms. The van der Waals surface area contributed by atoms with Gasteiger partial charge < -0.3 is 19.3 Å². The van der Waals surface area contributed by atoms with E-state index in [1.807, 2.05) is 0 Å². The molecule has 0 aliphatic carbocycles. The number of aliphatic hydroxyl groups is 1. The third kappa shape index (κ3) is 1.46. The first-order valence-electron chi connectivity index (χ1n) is 3.27. The average molecular weight is 148 g/mol. The maximum absolute atomic E-state index is 8.77. The van der Waals surface area contributed by atoms with Crippen LogP contribution in [0.25, 0.3) is 0 Å². The first kappa shape index (κ1) is 7.94. The van der Waals surface area contributed by atoms with E-state index in [0.717, 1.165) is 6.42 Å². The molecule has 4 heteroatoms. The van der Waals surface area contributed by atoms with Gasteiger partial charge >= 0.3 is 5.97 Å². The van der Waals surface area contributed by atoms with Crippen molar-refractivity contribution >= 4 is 0 Å². The second kappa shape index (κ2) is 3.30. The van der Waals surface area contributed by atoms with Crippen LogP contribution in [0.15, 0.2) is 0 Å². The molecule has 0 aromatic carbocycles. The third-order valence-electron chi connectivity index (χ3n) is 1.44. The Kier molecular flexibility index (Phi) is 2.62. The molecule has 0 unspecified atom stereocenters. The lowest BCUT2D eigenvalue weighted by molar-refractivity contribution is -0.400. The summed E-state index contributed by atoms with van der Waals surface area (Å²) in [5.41, 5.74) is 0. The van der Waals surface area contributed by atoms with Gasteiger partial charge in [-0.25, -0.2) is 0 Å². The molecule has 1 heterocycles. The molecule has 60 valence electrons. The lowest BCUT2D eigenvalue weighted by Gasteiger charge is -2.33. The Balaban J connectivity index is 2.44. The van der Waals surface area contributed by atoms with Crippen molar-refractivity contribution in [1.82, 2.24) is 0 Å². The van der Waals surface area contributed by atoms with Gasteiger partial charge in [-0.15, -0.1) is 0 Å². The van der Waals surface area contributed by atoms with Crippen LogP contribution in [0.5, 0.6) is 0 Å². The van der Waals surface area contributed by atoms with Gasteiger partial charge in [-0.1, -0.05) is 0 Å². The van der Waals surface area contributed by atoms with Gasteiger partial charge in [0.25, 0.3) is 0 Å². The molecule has 0 radical (unpaired) electrons.